The molecule has 0 unspecified atom stereocenters. The topological polar surface area (TPSA) is 291 Å². The van der Waals surface area contributed by atoms with E-state index in [9.17, 15) is 14.4 Å². The van der Waals surface area contributed by atoms with Crippen molar-refractivity contribution in [2.75, 3.05) is 10.6 Å². The second-order valence-electron chi connectivity index (χ2n) is 16.5. The van der Waals surface area contributed by atoms with Crippen LogP contribution in [0.2, 0.25) is 5.15 Å². The number of nitriles is 2. The average molecular weight is 1030 g/mol. The van der Waals surface area contributed by atoms with Crippen molar-refractivity contribution in [1.29, 1.82) is 10.5 Å². The van der Waals surface area contributed by atoms with Crippen LogP contribution in [0.25, 0.3) is 11.4 Å². The molecule has 4 heterocycles. The van der Waals surface area contributed by atoms with Gasteiger partial charge in [-0.3, -0.25) is 14.4 Å². The summed E-state index contributed by atoms with van der Waals surface area (Å²) < 4.78 is 0. The van der Waals surface area contributed by atoms with Gasteiger partial charge in [0.1, 0.15) is 52.9 Å². The number of halogens is 1. The van der Waals surface area contributed by atoms with Gasteiger partial charge in [0.2, 0.25) is 5.82 Å². The summed E-state index contributed by atoms with van der Waals surface area (Å²) in [6.45, 7) is 5.15. The van der Waals surface area contributed by atoms with Crippen LogP contribution in [0, 0.1) is 22.7 Å². The minimum Gasteiger partial charge on any atom is -0.363 e. The smallest absolute Gasteiger partial charge is 0.270 e. The molecule has 0 aliphatic heterocycles. The quantitative estimate of drug-likeness (QED) is 0.0498. The lowest BCUT2D eigenvalue weighted by molar-refractivity contribution is 0.0938. The van der Waals surface area contributed by atoms with Gasteiger partial charge in [0.15, 0.2) is 0 Å². The van der Waals surface area contributed by atoms with E-state index in [1.54, 1.807) is 48.5 Å². The van der Waals surface area contributed by atoms with Crippen LogP contribution in [0.1, 0.15) is 96.3 Å². The summed E-state index contributed by atoms with van der Waals surface area (Å²) in [4.78, 5) is 60.8. The molecule has 0 aliphatic rings. The van der Waals surface area contributed by atoms with E-state index in [1.807, 2.05) is 117 Å². The molecule has 0 aliphatic carbocycles. The van der Waals surface area contributed by atoms with E-state index < -0.39 is 0 Å². The molecule has 0 saturated heterocycles. The van der Waals surface area contributed by atoms with Crippen LogP contribution in [0.15, 0.2) is 171 Å². The van der Waals surface area contributed by atoms with Crippen molar-refractivity contribution in [3.05, 3.63) is 232 Å². The van der Waals surface area contributed by atoms with Gasteiger partial charge in [-0.25, -0.2) is 29.9 Å². The zero-order valence-corrected chi connectivity index (χ0v) is 41.7. The summed E-state index contributed by atoms with van der Waals surface area (Å²) in [5, 5.41) is 46.5. The second-order valence-corrected chi connectivity index (χ2v) is 16.8. The lowest BCUT2D eigenvalue weighted by Crippen LogP contribution is -2.24. The maximum Gasteiger partial charge on any atom is 0.270 e. The van der Waals surface area contributed by atoms with Crippen molar-refractivity contribution in [3.8, 4) is 23.5 Å². The Hall–Kier alpha value is -10.3. The predicted molar refractivity (Wildman–Crippen MR) is 284 cm³/mol. The standard InChI is InChI=1S/C21H20N8O.C21H19N5O.C13H9ClN4O/c1-14(16-5-3-2-4-6-16)25-19-11-18(23-13-24-19)21(30)22-12-15-7-9-17(10-8-15)20-26-28-29-27-20;1-15(18-5-3-2-4-6-18)26-20-11-19(24-14-25-20)21(27)23-13-17-9-7-16(12-22)8-10-17;14-12-5-11(17-8-18-12)13(19)16-7-10-3-1-9(6-15)2-4-10/h2-11,13-14H,12H2,1H3,(H,22,30)(H,23,24,25)(H,26,27,28,29);2-11,14-15H,13H2,1H3,(H,23,27)(H,24,25,26);1-5,8H,7H2,(H,16,19)/t14-;15-;/m11./s1. The van der Waals surface area contributed by atoms with E-state index in [2.05, 4.69) is 83.2 Å². The third-order valence-corrected chi connectivity index (χ3v) is 11.3. The van der Waals surface area contributed by atoms with E-state index in [1.165, 1.54) is 25.0 Å². The van der Waals surface area contributed by atoms with Crippen LogP contribution in [-0.4, -0.2) is 68.2 Å². The van der Waals surface area contributed by atoms with Crippen LogP contribution in [0.3, 0.4) is 0 Å². The first-order valence-corrected chi connectivity index (χ1v) is 23.8. The molecule has 21 heteroatoms. The van der Waals surface area contributed by atoms with Crippen molar-refractivity contribution >= 4 is 41.0 Å². The average Bonchev–Trinajstić information content (AvgIpc) is 4.02. The van der Waals surface area contributed by atoms with Crippen molar-refractivity contribution in [3.63, 3.8) is 0 Å². The Kier molecular flexibility index (Phi) is 19.4. The summed E-state index contributed by atoms with van der Waals surface area (Å²) in [6.07, 6.45) is 3.99. The number of aromatic nitrogens is 10. The number of benzene rings is 5. The number of hydrogen-bond donors (Lipinski definition) is 6. The van der Waals surface area contributed by atoms with E-state index in [-0.39, 0.29) is 40.7 Å². The number of rotatable bonds is 16. The number of hydrogen-bond acceptors (Lipinski definition) is 16. The molecule has 76 heavy (non-hydrogen) atoms. The molecule has 3 amide bonds. The van der Waals surface area contributed by atoms with Gasteiger partial charge in [-0.1, -0.05) is 121 Å². The monoisotopic (exact) mass is 1030 g/mol. The normalized spacial score (nSPS) is 11.0. The predicted octanol–water partition coefficient (Wildman–Crippen LogP) is 8.14. The minimum atomic E-state index is -0.325. The zero-order chi connectivity index (χ0) is 53.5. The summed E-state index contributed by atoms with van der Waals surface area (Å²) in [5.41, 5.74) is 7.83. The number of amides is 3. The highest BCUT2D eigenvalue weighted by Gasteiger charge is 2.14. The highest BCUT2D eigenvalue weighted by molar-refractivity contribution is 6.29. The van der Waals surface area contributed by atoms with Crippen LogP contribution in [0.5, 0.6) is 0 Å². The molecule has 0 fully saturated rings. The maximum atomic E-state index is 12.5. The zero-order valence-electron chi connectivity index (χ0n) is 41.0. The highest BCUT2D eigenvalue weighted by atomic mass is 35.5. The molecule has 9 aromatic rings. The van der Waals surface area contributed by atoms with Crippen LogP contribution < -0.4 is 26.6 Å². The molecule has 378 valence electrons. The lowest BCUT2D eigenvalue weighted by Gasteiger charge is -2.15. The molecule has 20 nitrogen and oxygen atoms in total. The number of tetrazole rings is 1. The molecule has 5 aromatic carbocycles. The molecule has 2 atom stereocenters. The fourth-order valence-corrected chi connectivity index (χ4v) is 7.09. The highest BCUT2D eigenvalue weighted by Crippen LogP contribution is 2.20. The molecule has 4 aromatic heterocycles. The van der Waals surface area contributed by atoms with E-state index in [0.29, 0.717) is 59.6 Å². The van der Waals surface area contributed by atoms with Gasteiger partial charge in [-0.05, 0) is 71.1 Å². The Bertz CT molecular complexity index is 3390. The summed E-state index contributed by atoms with van der Waals surface area (Å²) >= 11 is 5.68. The van der Waals surface area contributed by atoms with Gasteiger partial charge in [-0.2, -0.15) is 15.7 Å². The fraction of sp³-hybridized carbons (Fsp3) is 0.127. The molecule has 0 saturated carbocycles. The Labute approximate surface area is 442 Å². The molecule has 6 N–H and O–H groups in total. The van der Waals surface area contributed by atoms with Gasteiger partial charge in [0.05, 0.1) is 23.3 Å². The van der Waals surface area contributed by atoms with Gasteiger partial charge in [-0.15, -0.1) is 10.2 Å². The molecule has 0 spiro atoms. The van der Waals surface area contributed by atoms with E-state index in [0.717, 1.165) is 33.4 Å². The van der Waals surface area contributed by atoms with E-state index in [4.69, 9.17) is 22.1 Å². The number of nitrogens with zero attached hydrogens (tertiary/aromatic N) is 11. The van der Waals surface area contributed by atoms with Gasteiger partial charge < -0.3 is 26.6 Å². The third-order valence-electron chi connectivity index (χ3n) is 11.1. The number of nitrogens with one attached hydrogen (secondary N) is 6. The number of carbonyl (C=O) groups is 3. The van der Waals surface area contributed by atoms with Crippen molar-refractivity contribution < 1.29 is 14.4 Å². The number of carbonyl (C=O) groups excluding carboxylic acids is 3. The molecule has 0 bridgehead atoms. The summed E-state index contributed by atoms with van der Waals surface area (Å²) in [6, 6.07) is 50.5. The first-order chi connectivity index (χ1) is 37.0. The first kappa shape index (κ1) is 53.5. The molecular weight excluding hydrogens is 982 g/mol. The van der Waals surface area contributed by atoms with Gasteiger partial charge in [0.25, 0.3) is 17.7 Å². The summed E-state index contributed by atoms with van der Waals surface area (Å²) in [7, 11) is 0. The summed E-state index contributed by atoms with van der Waals surface area (Å²) in [5.74, 6) is 0.832. The molecule has 0 radical (unpaired) electrons. The van der Waals surface area contributed by atoms with Gasteiger partial charge in [0, 0.05) is 55.5 Å². The third kappa shape index (κ3) is 16.4. The van der Waals surface area contributed by atoms with Crippen molar-refractivity contribution in [2.24, 2.45) is 0 Å². The fourth-order valence-electron chi connectivity index (χ4n) is 6.94. The molecule has 9 rings (SSSR count). The van der Waals surface area contributed by atoms with Gasteiger partial charge >= 0.3 is 0 Å². The Morgan fingerprint density at radius 1 is 0.526 bits per heavy atom. The Balaban J connectivity index is 0.000000170. The Morgan fingerprint density at radius 3 is 1.30 bits per heavy atom. The number of anilines is 2. The van der Waals surface area contributed by atoms with Crippen molar-refractivity contribution in [1.82, 2.24) is 66.5 Å². The van der Waals surface area contributed by atoms with Crippen LogP contribution in [-0.2, 0) is 19.6 Å². The minimum absolute atomic E-state index is 0.0507. The largest absolute Gasteiger partial charge is 0.363 e. The number of H-pyrrole nitrogens is 1. The first-order valence-electron chi connectivity index (χ1n) is 23.4. The maximum absolute atomic E-state index is 12.5. The van der Waals surface area contributed by atoms with Crippen LogP contribution >= 0.6 is 11.6 Å². The Morgan fingerprint density at radius 2 is 0.921 bits per heavy atom. The molecular formula is C55H48ClN17O3. The van der Waals surface area contributed by atoms with E-state index >= 15 is 0 Å². The second kappa shape index (κ2) is 27.5. The lowest BCUT2D eigenvalue weighted by atomic mass is 10.1. The number of aromatic amines is 1. The SMILES string of the molecule is C[C@@H](Nc1cc(C(=O)NCc2ccc(-c3nn[nH]n3)cc2)ncn1)c1ccccc1.C[C@@H](Nc1cc(C(=O)NCc2ccc(C#N)cc2)ncn1)c1ccccc1.N#Cc1ccc(CNC(=O)c2cc(Cl)ncn2)cc1. The van der Waals surface area contributed by atoms with Crippen LogP contribution in [0.4, 0.5) is 11.6 Å². The van der Waals surface area contributed by atoms with Crippen molar-refractivity contribution in [2.45, 2.75) is 45.6 Å².